The van der Waals surface area contributed by atoms with E-state index in [1.807, 2.05) is 6.07 Å². The molecule has 1 heterocycles. The molecule has 1 aromatic heterocycles. The lowest BCUT2D eigenvalue weighted by Crippen LogP contribution is -2.14. The van der Waals surface area contributed by atoms with Gasteiger partial charge < -0.3 is 4.74 Å². The minimum absolute atomic E-state index is 0.218. The van der Waals surface area contributed by atoms with Crippen LogP contribution in [0.3, 0.4) is 0 Å². The summed E-state index contributed by atoms with van der Waals surface area (Å²) in [4.78, 5) is 20.0. The predicted molar refractivity (Wildman–Crippen MR) is 75.7 cm³/mol. The van der Waals surface area contributed by atoms with Crippen molar-refractivity contribution >= 4 is 16.7 Å². The second kappa shape index (κ2) is 5.85. The average molecular weight is 300 g/mol. The van der Waals surface area contributed by atoms with E-state index in [1.165, 1.54) is 6.33 Å². The van der Waals surface area contributed by atoms with Gasteiger partial charge >= 0.3 is 0 Å². The maximum absolute atomic E-state index is 13.5. The number of hydrogen-bond donors (Lipinski definition) is 0. The van der Waals surface area contributed by atoms with Gasteiger partial charge in [-0.2, -0.15) is 0 Å². The molecule has 0 saturated heterocycles. The summed E-state index contributed by atoms with van der Waals surface area (Å²) >= 11 is 0. The zero-order valence-electron chi connectivity index (χ0n) is 11.3. The number of benzene rings is 2. The molecule has 110 valence electrons. The van der Waals surface area contributed by atoms with Gasteiger partial charge in [-0.15, -0.1) is 0 Å². The Labute approximate surface area is 124 Å². The van der Waals surface area contributed by atoms with Crippen LogP contribution in [0.4, 0.5) is 8.78 Å². The zero-order valence-corrected chi connectivity index (χ0v) is 11.3. The molecule has 2 aromatic carbocycles. The Morgan fingerprint density at radius 1 is 1.09 bits per heavy atom. The number of ketones is 1. The van der Waals surface area contributed by atoms with Gasteiger partial charge in [0.25, 0.3) is 0 Å². The van der Waals surface area contributed by atoms with Crippen molar-refractivity contribution in [3.63, 3.8) is 0 Å². The Morgan fingerprint density at radius 3 is 2.77 bits per heavy atom. The van der Waals surface area contributed by atoms with E-state index in [1.54, 1.807) is 18.2 Å². The molecule has 0 bridgehead atoms. The van der Waals surface area contributed by atoms with Crippen molar-refractivity contribution in [3.8, 4) is 5.88 Å². The first-order chi connectivity index (χ1) is 10.6. The highest BCUT2D eigenvalue weighted by Crippen LogP contribution is 2.21. The van der Waals surface area contributed by atoms with Crippen LogP contribution in [0.5, 0.6) is 5.88 Å². The Morgan fingerprint density at radius 2 is 1.91 bits per heavy atom. The maximum atomic E-state index is 13.5. The molecule has 0 spiro atoms. The molecule has 0 N–H and O–H groups in total. The van der Waals surface area contributed by atoms with E-state index in [0.717, 1.165) is 18.2 Å². The first-order valence-corrected chi connectivity index (χ1v) is 6.46. The first kappa shape index (κ1) is 14.1. The largest absolute Gasteiger partial charge is 0.469 e. The monoisotopic (exact) mass is 300 g/mol. The maximum Gasteiger partial charge on any atom is 0.224 e. The van der Waals surface area contributed by atoms with Crippen LogP contribution >= 0.6 is 0 Å². The molecule has 0 atom stereocenters. The lowest BCUT2D eigenvalue weighted by Gasteiger charge is -2.07. The van der Waals surface area contributed by atoms with E-state index in [4.69, 9.17) is 4.74 Å². The molecule has 0 saturated carbocycles. The number of carbonyl (C=O) groups excluding carboxylic acids is 1. The van der Waals surface area contributed by atoms with E-state index in [9.17, 15) is 13.6 Å². The summed E-state index contributed by atoms with van der Waals surface area (Å²) in [5.41, 5.74) is 0.315. The Kier molecular flexibility index (Phi) is 3.74. The van der Waals surface area contributed by atoms with Gasteiger partial charge in [0, 0.05) is 0 Å². The van der Waals surface area contributed by atoms with E-state index in [2.05, 4.69) is 9.97 Å². The van der Waals surface area contributed by atoms with Gasteiger partial charge in [-0.1, -0.05) is 12.1 Å². The van der Waals surface area contributed by atoms with Crippen molar-refractivity contribution in [1.29, 1.82) is 0 Å². The highest BCUT2D eigenvalue weighted by atomic mass is 19.1. The number of Topliss-reactive ketones (excluding diaryl/α,β-unsaturated/α-hetero) is 1. The minimum atomic E-state index is -0.789. The van der Waals surface area contributed by atoms with Crippen LogP contribution < -0.4 is 4.74 Å². The molecule has 0 aliphatic carbocycles. The van der Waals surface area contributed by atoms with Gasteiger partial charge in [0.1, 0.15) is 18.0 Å². The van der Waals surface area contributed by atoms with Crippen LogP contribution in [0.15, 0.2) is 48.8 Å². The lowest BCUT2D eigenvalue weighted by atomic mass is 10.1. The fourth-order valence-electron chi connectivity index (χ4n) is 2.02. The Hall–Kier alpha value is -2.89. The third-order valence-electron chi connectivity index (χ3n) is 3.08. The van der Waals surface area contributed by atoms with Crippen LogP contribution in [0.25, 0.3) is 10.9 Å². The third-order valence-corrected chi connectivity index (χ3v) is 3.08. The van der Waals surface area contributed by atoms with Crippen LogP contribution in [0.1, 0.15) is 10.4 Å². The smallest absolute Gasteiger partial charge is 0.224 e. The number of rotatable bonds is 4. The number of carbonyl (C=O) groups is 1. The standard InChI is InChI=1S/C16H10F2N2O2/c17-10-5-6-13(18)12(7-10)15(21)8-22-16-11-3-1-2-4-14(11)19-9-20-16/h1-7,9H,8H2. The quantitative estimate of drug-likeness (QED) is 0.694. The molecule has 0 radical (unpaired) electrons. The summed E-state index contributed by atoms with van der Waals surface area (Å²) in [6, 6.07) is 9.82. The zero-order chi connectivity index (χ0) is 15.5. The van der Waals surface area contributed by atoms with Crippen LogP contribution in [-0.2, 0) is 0 Å². The molecule has 6 heteroatoms. The van der Waals surface area contributed by atoms with Gasteiger partial charge in [-0.05, 0) is 30.3 Å². The van der Waals surface area contributed by atoms with Crippen molar-refractivity contribution in [3.05, 3.63) is 66.0 Å². The summed E-state index contributed by atoms with van der Waals surface area (Å²) in [7, 11) is 0. The van der Waals surface area contributed by atoms with E-state index in [0.29, 0.717) is 10.9 Å². The molecule has 4 nitrogen and oxygen atoms in total. The van der Waals surface area contributed by atoms with Crippen molar-refractivity contribution in [1.82, 2.24) is 9.97 Å². The van der Waals surface area contributed by atoms with Crippen LogP contribution in [0, 0.1) is 11.6 Å². The highest BCUT2D eigenvalue weighted by molar-refractivity contribution is 5.97. The lowest BCUT2D eigenvalue weighted by molar-refractivity contribution is 0.0914. The molecule has 0 unspecified atom stereocenters. The van der Waals surface area contributed by atoms with Gasteiger partial charge in [-0.3, -0.25) is 4.79 Å². The second-order valence-electron chi connectivity index (χ2n) is 4.53. The summed E-state index contributed by atoms with van der Waals surface area (Å²) < 4.78 is 32.0. The Bertz CT molecular complexity index is 847. The molecule has 3 aromatic rings. The molecule has 0 aliphatic rings. The van der Waals surface area contributed by atoms with Crippen molar-refractivity contribution < 1.29 is 18.3 Å². The topological polar surface area (TPSA) is 52.1 Å². The normalized spacial score (nSPS) is 10.6. The summed E-state index contributed by atoms with van der Waals surface area (Å²) in [5, 5.41) is 0.637. The summed E-state index contributed by atoms with van der Waals surface area (Å²) in [6.07, 6.45) is 1.31. The van der Waals surface area contributed by atoms with Crippen molar-refractivity contribution in [2.24, 2.45) is 0 Å². The molecule has 0 fully saturated rings. The fourth-order valence-corrected chi connectivity index (χ4v) is 2.02. The van der Waals surface area contributed by atoms with E-state index < -0.39 is 24.0 Å². The molecule has 0 aliphatic heterocycles. The highest BCUT2D eigenvalue weighted by Gasteiger charge is 2.14. The van der Waals surface area contributed by atoms with Gasteiger partial charge in [0.2, 0.25) is 11.7 Å². The number of fused-ring (bicyclic) bond motifs is 1. The molecule has 0 amide bonds. The van der Waals surface area contributed by atoms with Gasteiger partial charge in [0.05, 0.1) is 16.5 Å². The fraction of sp³-hybridized carbons (Fsp3) is 0.0625. The van der Waals surface area contributed by atoms with E-state index >= 15 is 0 Å². The van der Waals surface area contributed by atoms with Gasteiger partial charge in [0.15, 0.2) is 6.61 Å². The number of para-hydroxylation sites is 1. The third kappa shape index (κ3) is 2.76. The van der Waals surface area contributed by atoms with Crippen molar-refractivity contribution in [2.75, 3.05) is 6.61 Å². The molecule has 22 heavy (non-hydrogen) atoms. The predicted octanol–water partition coefficient (Wildman–Crippen LogP) is 3.17. The summed E-state index contributed by atoms with van der Waals surface area (Å²) in [5.74, 6) is -1.92. The van der Waals surface area contributed by atoms with Crippen LogP contribution in [0.2, 0.25) is 0 Å². The number of hydrogen-bond acceptors (Lipinski definition) is 4. The van der Waals surface area contributed by atoms with Crippen molar-refractivity contribution in [2.45, 2.75) is 0 Å². The number of aromatic nitrogens is 2. The number of nitrogens with zero attached hydrogens (tertiary/aromatic N) is 2. The molecular weight excluding hydrogens is 290 g/mol. The SMILES string of the molecule is O=C(COc1ncnc2ccccc12)c1cc(F)ccc1F. The number of ether oxygens (including phenoxy) is 1. The van der Waals surface area contributed by atoms with Crippen LogP contribution in [-0.4, -0.2) is 22.4 Å². The average Bonchev–Trinajstić information content (AvgIpc) is 2.54. The minimum Gasteiger partial charge on any atom is -0.469 e. The number of halogens is 2. The summed E-state index contributed by atoms with van der Waals surface area (Å²) in [6.45, 7) is -0.443. The first-order valence-electron chi connectivity index (χ1n) is 6.46. The van der Waals surface area contributed by atoms with E-state index in [-0.39, 0.29) is 11.4 Å². The second-order valence-corrected chi connectivity index (χ2v) is 4.53. The molecule has 3 rings (SSSR count). The molecular formula is C16H10F2N2O2. The van der Waals surface area contributed by atoms with Gasteiger partial charge in [-0.25, -0.2) is 18.7 Å². The Balaban J connectivity index is 1.82.